The van der Waals surface area contributed by atoms with Gasteiger partial charge in [-0.05, 0) is 24.3 Å². The van der Waals surface area contributed by atoms with Gasteiger partial charge in [-0.3, -0.25) is 48.9 Å². The van der Waals surface area contributed by atoms with Crippen molar-refractivity contribution in [2.75, 3.05) is 117 Å². The Bertz CT molecular complexity index is 6830. The van der Waals surface area contributed by atoms with Crippen molar-refractivity contribution < 1.29 is 67.0 Å². The second-order valence-corrected chi connectivity index (χ2v) is 28.8. The van der Waals surface area contributed by atoms with Crippen LogP contribution in [-0.4, -0.2) is 206 Å². The van der Waals surface area contributed by atoms with E-state index in [1.165, 1.54) is 82.0 Å². The summed E-state index contributed by atoms with van der Waals surface area (Å²) < 4.78 is 49.9. The van der Waals surface area contributed by atoms with Crippen molar-refractivity contribution in [2.24, 2.45) is 0 Å². The standard InChI is InChI=1S/C19H20N8O2.C17H17N7O2.C17H18N6O3.C16H16N6O4.C14H14N6O3/c1-19(2,21-3)14-5-7-27-17(25-14)15(16(20)26-27)18(28)24-12-10-22-6-4-13(12)29-11-8-23-9-11;1-17(2,19-3)12-6-8-24-15(22-12)13(14(18)23-24)16(25)21-10-9-20-7-5-11(10)26-4;1-3-8-26-10-11-5-7-23-16(20-11)14(15(18)22-23)17(24)21-12-9-19-6-4-13(12)25-2;1-24-11-2-4-18-6-10(11)19-16(23)13-14(17)21-22-5-3-12(20-15(13)22)26-9-7-25-8-9;1-23-10-2-4-16-6-9(10)18-14(22)11-12(15)19-20-5-3-8(7-21)17-13(11)20/h4-7,10-11,23H,8-9H2,1-2H3,(H2,20,26)(H,24,28);5-9H,1-2,4H3,(H2,18,23)(H,21,25);3-7,9H,1,8,10H2,2H3,(H2,18,22)(H,21,24);2-6,9H,7-8H2,1H3,(H2,17,21)(H,19,23);2-6,21H,7H2,1H3,(H2,15,19)(H,18,22). The number of hydrogen-bond acceptors (Lipinski definition) is 35. The van der Waals surface area contributed by atoms with Crippen molar-refractivity contribution in [1.82, 2.24) is 103 Å². The number of carbonyl (C=O) groups is 5. The SMILES string of the molecule is C=CCOCc1ccn2nc(N)c(C(=O)Nc3cnccc3OC)c2n1.COc1ccncc1NC(=O)c1c(N)nn2ccc(CO)nc12.COc1ccncc1NC(=O)c1c(N)nn2ccc(OC3COC3)nc12.[C-]#[N+]C(C)(C)c1ccn2nc(N)c(C(=O)Nc3cnccc3OC)c2n1.[C-]#[N+]C(C)(C)c1ccn2nc(N)c(C(=O)Nc3cnccc3OC3CNC3)c2n1. The minimum Gasteiger partial charge on any atom is -0.494 e. The van der Waals surface area contributed by atoms with E-state index < -0.39 is 40.6 Å². The molecular formula is C83H85N33O14. The van der Waals surface area contributed by atoms with Gasteiger partial charge in [0.2, 0.25) is 5.88 Å². The van der Waals surface area contributed by atoms with Gasteiger partial charge in [0.1, 0.15) is 109 Å². The molecule has 2 fully saturated rings. The summed E-state index contributed by atoms with van der Waals surface area (Å²) in [7, 11) is 5.99. The van der Waals surface area contributed by atoms with Crippen LogP contribution in [0.4, 0.5) is 57.5 Å². The molecule has 2 aliphatic rings. The zero-order chi connectivity index (χ0) is 92.5. The third kappa shape index (κ3) is 20.3. The van der Waals surface area contributed by atoms with E-state index in [1.807, 2.05) is 0 Å². The second kappa shape index (κ2) is 40.0. The molecule has 17 rings (SSSR count). The van der Waals surface area contributed by atoms with Gasteiger partial charge in [-0.15, -0.1) is 32.1 Å². The Morgan fingerprint density at radius 3 is 1.09 bits per heavy atom. The molecule has 0 aliphatic carbocycles. The van der Waals surface area contributed by atoms with Crippen LogP contribution >= 0.6 is 0 Å². The maximum atomic E-state index is 13.0. The van der Waals surface area contributed by atoms with Gasteiger partial charge in [-0.2, -0.15) is 4.98 Å². The van der Waals surface area contributed by atoms with Crippen LogP contribution in [0.1, 0.15) is 102 Å². The molecule has 0 radical (unpaired) electrons. The largest absolute Gasteiger partial charge is 0.494 e. The number of methoxy groups -OCH3 is 4. The number of anilines is 10. The topological polar surface area (TPSA) is 606 Å². The first-order valence-electron chi connectivity index (χ1n) is 39.0. The smallest absolute Gasteiger partial charge is 0.268 e. The number of nitrogens with zero attached hydrogens (tertiary/aromatic N) is 22. The predicted octanol–water partition coefficient (Wildman–Crippen LogP) is 6.46. The molecule has 0 aromatic carbocycles. The molecule has 2 aliphatic heterocycles. The van der Waals surface area contributed by atoms with Crippen molar-refractivity contribution in [3.05, 3.63) is 240 Å². The van der Waals surface area contributed by atoms with E-state index in [2.05, 4.69) is 124 Å². The number of nitrogens with one attached hydrogen (secondary N) is 6. The van der Waals surface area contributed by atoms with E-state index >= 15 is 0 Å². The minimum atomic E-state index is -0.838. The van der Waals surface area contributed by atoms with E-state index in [9.17, 15) is 29.1 Å². The van der Waals surface area contributed by atoms with Crippen LogP contribution in [0.2, 0.25) is 0 Å². The fourth-order valence-corrected chi connectivity index (χ4v) is 12.2. The summed E-state index contributed by atoms with van der Waals surface area (Å²) in [5, 5.41) is 46.5. The Hall–Kier alpha value is -17.4. The van der Waals surface area contributed by atoms with Gasteiger partial charge < -0.3 is 113 Å². The molecule has 0 spiro atoms. The van der Waals surface area contributed by atoms with Gasteiger partial charge in [-0.25, -0.2) is 55.7 Å². The van der Waals surface area contributed by atoms with E-state index in [4.69, 9.17) is 79.7 Å². The highest BCUT2D eigenvalue weighted by Gasteiger charge is 2.34. The maximum Gasteiger partial charge on any atom is 0.268 e. The molecule has 0 unspecified atom stereocenters. The molecule has 0 atom stereocenters. The number of rotatable bonds is 25. The molecular weight excluding hydrogens is 1680 g/mol. The first-order chi connectivity index (χ1) is 62.7. The molecule has 47 nitrogen and oxygen atoms in total. The van der Waals surface area contributed by atoms with Crippen LogP contribution in [-0.2, 0) is 33.8 Å². The number of aliphatic hydroxyl groups excluding tert-OH is 1. The van der Waals surface area contributed by atoms with Crippen LogP contribution in [0.3, 0.4) is 0 Å². The Kier molecular flexibility index (Phi) is 27.8. The fraction of sp³-hybridized carbons (Fsp3) is 0.229. The van der Waals surface area contributed by atoms with Crippen LogP contribution in [0, 0.1) is 13.1 Å². The number of aliphatic hydroxyl groups is 1. The molecule has 2 saturated heterocycles. The van der Waals surface area contributed by atoms with Crippen LogP contribution in [0.25, 0.3) is 37.9 Å². The molecule has 47 heteroatoms. The number of pyridine rings is 5. The zero-order valence-electron chi connectivity index (χ0n) is 70.8. The number of ether oxygens (including phenoxy) is 8. The van der Waals surface area contributed by atoms with E-state index in [-0.39, 0.29) is 99.3 Å². The normalized spacial score (nSPS) is 12.2. The first-order valence-corrected chi connectivity index (χ1v) is 39.0. The number of nitrogens with two attached hydrogens (primary N) is 5. The van der Waals surface area contributed by atoms with Crippen molar-refractivity contribution in [3.63, 3.8) is 0 Å². The molecule has 130 heavy (non-hydrogen) atoms. The second-order valence-electron chi connectivity index (χ2n) is 28.8. The summed E-state index contributed by atoms with van der Waals surface area (Å²) in [5.74, 6) is 0.638. The van der Waals surface area contributed by atoms with Crippen molar-refractivity contribution in [1.29, 1.82) is 0 Å². The first kappa shape index (κ1) is 90.3. The monoisotopic (exact) mass is 1770 g/mol. The van der Waals surface area contributed by atoms with Crippen LogP contribution < -0.4 is 89.0 Å². The fourth-order valence-electron chi connectivity index (χ4n) is 12.2. The summed E-state index contributed by atoms with van der Waals surface area (Å²) in [6, 6.07) is 16.6. The molecule has 17 heterocycles. The van der Waals surface area contributed by atoms with E-state index in [0.29, 0.717) is 117 Å². The lowest BCUT2D eigenvalue weighted by molar-refractivity contribution is -0.0812. The average Bonchev–Trinajstić information content (AvgIpc) is 1.70. The van der Waals surface area contributed by atoms with Gasteiger partial charge >= 0.3 is 0 Å². The number of amides is 5. The average molecular weight is 1770 g/mol. The third-order valence-electron chi connectivity index (χ3n) is 19.2. The van der Waals surface area contributed by atoms with Gasteiger partial charge in [0, 0.05) is 139 Å². The van der Waals surface area contributed by atoms with E-state index in [0.717, 1.165) is 13.1 Å². The molecule has 0 saturated carbocycles. The molecule has 15 aromatic heterocycles. The highest BCUT2D eigenvalue weighted by Crippen LogP contribution is 2.34. The lowest BCUT2D eigenvalue weighted by atomic mass is 10.0. The molecule has 666 valence electrons. The number of aromatic nitrogens is 20. The number of hydrogen-bond donors (Lipinski definition) is 12. The Morgan fingerprint density at radius 2 is 0.777 bits per heavy atom. The highest BCUT2D eigenvalue weighted by molar-refractivity contribution is 6.15. The van der Waals surface area contributed by atoms with Gasteiger partial charge in [0.05, 0.1) is 104 Å². The quantitative estimate of drug-likeness (QED) is 0.0166. The lowest BCUT2D eigenvalue weighted by Gasteiger charge is -2.28. The van der Waals surface area contributed by atoms with Gasteiger partial charge in [-0.1, -0.05) is 6.08 Å². The summed E-state index contributed by atoms with van der Waals surface area (Å²) >= 11 is 0. The number of fused-ring (bicyclic) bond motifs is 5. The lowest BCUT2D eigenvalue weighted by Crippen LogP contribution is -2.50. The van der Waals surface area contributed by atoms with Gasteiger partial charge in [0.25, 0.3) is 40.6 Å². The van der Waals surface area contributed by atoms with Crippen LogP contribution in [0.5, 0.6) is 34.6 Å². The molecule has 17 N–H and O–H groups in total. The zero-order valence-corrected chi connectivity index (χ0v) is 70.8. The summed E-state index contributed by atoms with van der Waals surface area (Å²) in [5.41, 5.74) is 34.2. The van der Waals surface area contributed by atoms with E-state index in [1.54, 1.807) is 156 Å². The predicted molar refractivity (Wildman–Crippen MR) is 472 cm³/mol. The maximum absolute atomic E-state index is 13.0. The number of nitrogen functional groups attached to an aromatic ring is 5. The Balaban J connectivity index is 0.000000139. The van der Waals surface area contributed by atoms with Crippen molar-refractivity contribution in [2.45, 2.75) is 64.2 Å². The summed E-state index contributed by atoms with van der Waals surface area (Å²) in [4.78, 5) is 113. The van der Waals surface area contributed by atoms with Crippen molar-refractivity contribution >= 4 is 115 Å². The third-order valence-corrected chi connectivity index (χ3v) is 19.2. The van der Waals surface area contributed by atoms with Gasteiger partial charge in [0.15, 0.2) is 57.3 Å². The minimum absolute atomic E-state index is 0.0351. The molecule has 15 aromatic rings. The Labute approximate surface area is 737 Å². The number of carbonyl (C=O) groups excluding carboxylic acids is 5. The van der Waals surface area contributed by atoms with Crippen molar-refractivity contribution in [3.8, 4) is 34.6 Å². The van der Waals surface area contributed by atoms with Crippen LogP contribution in [0.15, 0.2) is 166 Å². The summed E-state index contributed by atoms with van der Waals surface area (Å²) in [6.45, 7) is 28.3. The highest BCUT2D eigenvalue weighted by atomic mass is 16.6. The Morgan fingerprint density at radius 1 is 0.462 bits per heavy atom. The molecule has 5 amide bonds. The summed E-state index contributed by atoms with van der Waals surface area (Å²) in [6.07, 6.45) is 25.1. The molecule has 0 bridgehead atoms.